The van der Waals surface area contributed by atoms with Crippen molar-refractivity contribution in [2.24, 2.45) is 0 Å². The molecule has 0 fully saturated rings. The zero-order chi connectivity index (χ0) is 14.9. The molecule has 0 saturated carbocycles. The van der Waals surface area contributed by atoms with Crippen LogP contribution in [0.5, 0.6) is 0 Å². The fourth-order valence-electron chi connectivity index (χ4n) is 2.40. The van der Waals surface area contributed by atoms with Crippen LogP contribution >= 0.6 is 22.9 Å². The summed E-state index contributed by atoms with van der Waals surface area (Å²) in [6.45, 7) is 1.62. The maximum atomic E-state index is 12.7. The van der Waals surface area contributed by atoms with Crippen molar-refractivity contribution in [3.63, 3.8) is 0 Å². The second kappa shape index (κ2) is 6.08. The van der Waals surface area contributed by atoms with Crippen molar-refractivity contribution in [3.05, 3.63) is 34.3 Å². The Labute approximate surface area is 133 Å². The van der Waals surface area contributed by atoms with Gasteiger partial charge in [-0.25, -0.2) is 8.42 Å². The van der Waals surface area contributed by atoms with Crippen LogP contribution < -0.4 is 0 Å². The second-order valence-corrected chi connectivity index (χ2v) is 8.26. The predicted octanol–water partition coefficient (Wildman–Crippen LogP) is 2.32. The highest BCUT2D eigenvalue weighted by atomic mass is 35.5. The molecule has 3 heterocycles. The number of sulfonamides is 1. The van der Waals surface area contributed by atoms with E-state index in [1.54, 1.807) is 22.2 Å². The van der Waals surface area contributed by atoms with Crippen LogP contribution in [0.25, 0.3) is 0 Å². The van der Waals surface area contributed by atoms with E-state index in [1.807, 2.05) is 11.4 Å². The van der Waals surface area contributed by atoms with Crippen molar-refractivity contribution in [1.82, 2.24) is 14.1 Å². The molecule has 114 valence electrons. The molecule has 0 saturated heterocycles. The zero-order valence-corrected chi connectivity index (χ0v) is 13.8. The van der Waals surface area contributed by atoms with Crippen molar-refractivity contribution in [3.8, 4) is 0 Å². The first kappa shape index (κ1) is 15.0. The highest BCUT2D eigenvalue weighted by Crippen LogP contribution is 2.27. The van der Waals surface area contributed by atoms with E-state index in [1.165, 1.54) is 15.4 Å². The van der Waals surface area contributed by atoms with Crippen LogP contribution in [0.15, 0.2) is 28.7 Å². The van der Waals surface area contributed by atoms with E-state index in [2.05, 4.69) is 5.10 Å². The monoisotopic (exact) mass is 345 g/mol. The molecule has 0 amide bonds. The van der Waals surface area contributed by atoms with Gasteiger partial charge in [0.15, 0.2) is 0 Å². The quantitative estimate of drug-likeness (QED) is 0.781. The lowest BCUT2D eigenvalue weighted by atomic mass is 10.1. The Morgan fingerprint density at radius 2 is 2.29 bits per heavy atom. The topological polar surface area (TPSA) is 55.2 Å². The molecular weight excluding hydrogens is 330 g/mol. The van der Waals surface area contributed by atoms with Crippen molar-refractivity contribution < 1.29 is 8.42 Å². The molecule has 0 N–H and O–H groups in total. The molecule has 0 spiro atoms. The highest BCUT2D eigenvalue weighted by molar-refractivity contribution is 7.89. The van der Waals surface area contributed by atoms with Crippen LogP contribution in [0.2, 0.25) is 0 Å². The maximum Gasteiger partial charge on any atom is 0.246 e. The highest BCUT2D eigenvalue weighted by Gasteiger charge is 2.29. The maximum absolute atomic E-state index is 12.7. The van der Waals surface area contributed by atoms with Crippen LogP contribution in [0.3, 0.4) is 0 Å². The lowest BCUT2D eigenvalue weighted by Crippen LogP contribution is -2.35. The first-order valence-electron chi connectivity index (χ1n) is 6.75. The summed E-state index contributed by atoms with van der Waals surface area (Å²) in [5.74, 6) is 0.537. The van der Waals surface area contributed by atoms with Gasteiger partial charge in [0.25, 0.3) is 0 Å². The average Bonchev–Trinajstić information content (AvgIpc) is 3.13. The largest absolute Gasteiger partial charge is 0.271 e. The van der Waals surface area contributed by atoms with E-state index >= 15 is 0 Å². The number of hydrogen-bond donors (Lipinski definition) is 0. The Morgan fingerprint density at radius 1 is 1.43 bits per heavy atom. The number of halogens is 1. The van der Waals surface area contributed by atoms with Gasteiger partial charge in [0.05, 0.1) is 6.20 Å². The Morgan fingerprint density at radius 3 is 3.10 bits per heavy atom. The van der Waals surface area contributed by atoms with Gasteiger partial charge < -0.3 is 0 Å². The van der Waals surface area contributed by atoms with Gasteiger partial charge in [-0.05, 0) is 29.9 Å². The number of fused-ring (bicyclic) bond motifs is 1. The molecule has 2 aromatic heterocycles. The van der Waals surface area contributed by atoms with E-state index in [9.17, 15) is 8.42 Å². The third kappa shape index (κ3) is 3.01. The Kier molecular flexibility index (Phi) is 4.35. The van der Waals surface area contributed by atoms with Crippen molar-refractivity contribution in [2.75, 3.05) is 12.4 Å². The number of thiophene rings is 1. The molecule has 2 aromatic rings. The zero-order valence-electron chi connectivity index (χ0n) is 11.4. The smallest absolute Gasteiger partial charge is 0.246 e. The minimum Gasteiger partial charge on any atom is -0.271 e. The van der Waals surface area contributed by atoms with E-state index in [4.69, 9.17) is 11.6 Å². The second-order valence-electron chi connectivity index (χ2n) is 4.94. The van der Waals surface area contributed by atoms with Crippen molar-refractivity contribution >= 4 is 33.0 Å². The summed E-state index contributed by atoms with van der Waals surface area (Å²) in [6, 6.07) is 2.01. The molecule has 0 atom stereocenters. The van der Waals surface area contributed by atoms with Crippen molar-refractivity contribution in [2.45, 2.75) is 30.8 Å². The van der Waals surface area contributed by atoms with Crippen LogP contribution in [-0.2, 0) is 29.5 Å². The molecule has 21 heavy (non-hydrogen) atoms. The van der Waals surface area contributed by atoms with Gasteiger partial charge >= 0.3 is 0 Å². The first-order valence-corrected chi connectivity index (χ1v) is 9.60. The van der Waals surface area contributed by atoms with E-state index in [-0.39, 0.29) is 4.90 Å². The molecule has 0 aliphatic carbocycles. The molecule has 1 aliphatic rings. The summed E-state index contributed by atoms with van der Waals surface area (Å²) in [7, 11) is -3.47. The average molecular weight is 346 g/mol. The Balaban J connectivity index is 1.79. The minimum atomic E-state index is -3.47. The van der Waals surface area contributed by atoms with E-state index in [0.29, 0.717) is 25.5 Å². The third-order valence-corrected chi connectivity index (χ3v) is 6.63. The summed E-state index contributed by atoms with van der Waals surface area (Å²) in [4.78, 5) is 1.55. The predicted molar refractivity (Wildman–Crippen MR) is 83.2 cm³/mol. The molecule has 0 bridgehead atoms. The number of hydrogen-bond acceptors (Lipinski definition) is 4. The van der Waals surface area contributed by atoms with Gasteiger partial charge in [0.2, 0.25) is 10.0 Å². The standard InChI is InChI=1S/C13H16ClN3O2S2/c14-4-1-5-16-10-12(8-15-16)21(18,19)17-6-2-13-11(9-17)3-7-20-13/h3,7-8,10H,1-2,4-6,9H2. The van der Waals surface area contributed by atoms with E-state index < -0.39 is 10.0 Å². The van der Waals surface area contributed by atoms with Gasteiger partial charge in [0, 0.05) is 36.6 Å². The number of aromatic nitrogens is 2. The lowest BCUT2D eigenvalue weighted by molar-refractivity contribution is 0.394. The number of alkyl halides is 1. The third-order valence-electron chi connectivity index (χ3n) is 3.54. The number of nitrogens with zero attached hydrogens (tertiary/aromatic N) is 3. The van der Waals surface area contributed by atoms with Gasteiger partial charge in [-0.15, -0.1) is 22.9 Å². The molecule has 5 nitrogen and oxygen atoms in total. The van der Waals surface area contributed by atoms with Crippen LogP contribution in [0, 0.1) is 0 Å². The van der Waals surface area contributed by atoms with Gasteiger partial charge in [0.1, 0.15) is 4.90 Å². The first-order chi connectivity index (χ1) is 10.1. The fourth-order valence-corrected chi connectivity index (χ4v) is 4.78. The molecule has 8 heteroatoms. The summed E-state index contributed by atoms with van der Waals surface area (Å²) in [5, 5.41) is 6.12. The van der Waals surface area contributed by atoms with Gasteiger partial charge in [-0.3, -0.25) is 4.68 Å². The molecule has 3 rings (SSSR count). The minimum absolute atomic E-state index is 0.260. The van der Waals surface area contributed by atoms with Gasteiger partial charge in [-0.1, -0.05) is 0 Å². The van der Waals surface area contributed by atoms with Crippen LogP contribution in [0.4, 0.5) is 0 Å². The number of aryl methyl sites for hydroxylation is 1. The normalized spacial score (nSPS) is 16.0. The molecule has 0 aromatic carbocycles. The fraction of sp³-hybridized carbons (Fsp3) is 0.462. The Hall–Kier alpha value is -0.890. The summed E-state index contributed by atoms with van der Waals surface area (Å²) >= 11 is 7.34. The summed E-state index contributed by atoms with van der Waals surface area (Å²) < 4.78 is 28.5. The van der Waals surface area contributed by atoms with Crippen LogP contribution in [-0.4, -0.2) is 34.9 Å². The number of rotatable bonds is 5. The molecule has 0 radical (unpaired) electrons. The summed E-state index contributed by atoms with van der Waals surface area (Å²) in [5.41, 5.74) is 1.12. The van der Waals surface area contributed by atoms with Crippen molar-refractivity contribution in [1.29, 1.82) is 0 Å². The molecule has 0 unspecified atom stereocenters. The van der Waals surface area contributed by atoms with Crippen LogP contribution in [0.1, 0.15) is 16.9 Å². The van der Waals surface area contributed by atoms with E-state index in [0.717, 1.165) is 18.4 Å². The lowest BCUT2D eigenvalue weighted by Gasteiger charge is -2.25. The SMILES string of the molecule is O=S(=O)(c1cnn(CCCCl)c1)N1CCc2sccc2C1. The Bertz CT molecular complexity index is 723. The van der Waals surface area contributed by atoms with Gasteiger partial charge in [-0.2, -0.15) is 9.40 Å². The molecule has 1 aliphatic heterocycles. The molecular formula is C13H16ClN3O2S2. The summed E-state index contributed by atoms with van der Waals surface area (Å²) in [6.07, 6.45) is 4.56.